The fourth-order valence-corrected chi connectivity index (χ4v) is 3.04. The topological polar surface area (TPSA) is 63.8 Å². The van der Waals surface area contributed by atoms with Crippen LogP contribution in [0.1, 0.15) is 12.6 Å². The Balaban J connectivity index is 1.99. The van der Waals surface area contributed by atoms with Crippen molar-refractivity contribution in [3.63, 3.8) is 0 Å². The number of imidazole rings is 1. The molecule has 108 valence electrons. The summed E-state index contributed by atoms with van der Waals surface area (Å²) in [6, 6.07) is 7.73. The molecule has 0 aliphatic heterocycles. The SMILES string of the molecule is CCOc1cccc(-c2cn3c(CC(=O)O)csc3n2)c1. The number of hydrogen-bond donors (Lipinski definition) is 1. The summed E-state index contributed by atoms with van der Waals surface area (Å²) in [6.07, 6.45) is 1.87. The maximum atomic E-state index is 10.9. The molecule has 2 aromatic heterocycles. The zero-order valence-electron chi connectivity index (χ0n) is 11.4. The lowest BCUT2D eigenvalue weighted by atomic mass is 10.1. The van der Waals surface area contributed by atoms with Gasteiger partial charge >= 0.3 is 5.97 Å². The van der Waals surface area contributed by atoms with Gasteiger partial charge in [0.05, 0.1) is 18.7 Å². The number of aromatic nitrogens is 2. The summed E-state index contributed by atoms with van der Waals surface area (Å²) in [5, 5.41) is 10.7. The van der Waals surface area contributed by atoms with E-state index in [4.69, 9.17) is 9.84 Å². The molecule has 0 saturated carbocycles. The van der Waals surface area contributed by atoms with Gasteiger partial charge in [-0.05, 0) is 19.1 Å². The molecule has 3 rings (SSSR count). The Morgan fingerprint density at radius 2 is 2.33 bits per heavy atom. The van der Waals surface area contributed by atoms with E-state index in [0.717, 1.165) is 27.7 Å². The molecule has 2 heterocycles. The van der Waals surface area contributed by atoms with Crippen molar-refractivity contribution < 1.29 is 14.6 Å². The lowest BCUT2D eigenvalue weighted by molar-refractivity contribution is -0.136. The molecule has 1 N–H and O–H groups in total. The highest BCUT2D eigenvalue weighted by Gasteiger charge is 2.12. The van der Waals surface area contributed by atoms with Crippen LogP contribution in [-0.2, 0) is 11.2 Å². The molecule has 5 nitrogen and oxygen atoms in total. The number of carboxylic acids is 1. The van der Waals surface area contributed by atoms with Gasteiger partial charge in [-0.2, -0.15) is 0 Å². The normalized spacial score (nSPS) is 10.9. The van der Waals surface area contributed by atoms with E-state index in [1.54, 1.807) is 0 Å². The summed E-state index contributed by atoms with van der Waals surface area (Å²) in [4.78, 5) is 16.2. The first-order chi connectivity index (χ1) is 10.2. The number of benzene rings is 1. The van der Waals surface area contributed by atoms with Crippen LogP contribution in [0.3, 0.4) is 0 Å². The number of nitrogens with zero attached hydrogens (tertiary/aromatic N) is 2. The lowest BCUT2D eigenvalue weighted by Crippen LogP contribution is -2.02. The van der Waals surface area contributed by atoms with E-state index < -0.39 is 5.97 Å². The summed E-state index contributed by atoms with van der Waals surface area (Å²) in [5.74, 6) is -0.0413. The van der Waals surface area contributed by atoms with Crippen molar-refractivity contribution in [2.24, 2.45) is 0 Å². The van der Waals surface area contributed by atoms with Crippen molar-refractivity contribution in [1.29, 1.82) is 0 Å². The smallest absolute Gasteiger partial charge is 0.309 e. The molecular weight excluding hydrogens is 288 g/mol. The third kappa shape index (κ3) is 2.75. The fourth-order valence-electron chi connectivity index (χ4n) is 2.16. The quantitative estimate of drug-likeness (QED) is 0.786. The Hall–Kier alpha value is -2.34. The molecule has 0 fully saturated rings. The molecule has 1 aromatic carbocycles. The van der Waals surface area contributed by atoms with Crippen LogP contribution in [0, 0.1) is 0 Å². The van der Waals surface area contributed by atoms with Gasteiger partial charge in [-0.1, -0.05) is 12.1 Å². The number of aliphatic carboxylic acids is 1. The van der Waals surface area contributed by atoms with Gasteiger partial charge in [0.15, 0.2) is 4.96 Å². The zero-order valence-corrected chi connectivity index (χ0v) is 12.3. The van der Waals surface area contributed by atoms with Crippen LogP contribution in [0.4, 0.5) is 0 Å². The van der Waals surface area contributed by atoms with Gasteiger partial charge in [0.1, 0.15) is 5.75 Å². The molecule has 6 heteroatoms. The first kappa shape index (κ1) is 13.6. The van der Waals surface area contributed by atoms with Crippen LogP contribution in [0.5, 0.6) is 5.75 Å². The lowest BCUT2D eigenvalue weighted by Gasteiger charge is -2.03. The number of ether oxygens (including phenoxy) is 1. The second-order valence-electron chi connectivity index (χ2n) is 4.54. The third-order valence-corrected chi connectivity index (χ3v) is 3.95. The van der Waals surface area contributed by atoms with Gasteiger partial charge in [-0.3, -0.25) is 9.20 Å². The Bertz CT molecular complexity index is 791. The number of thiazole rings is 1. The highest BCUT2D eigenvalue weighted by molar-refractivity contribution is 7.15. The first-order valence-corrected chi connectivity index (χ1v) is 7.46. The van der Waals surface area contributed by atoms with Crippen molar-refractivity contribution in [3.8, 4) is 17.0 Å². The maximum absolute atomic E-state index is 10.9. The number of rotatable bonds is 5. The predicted molar refractivity (Wildman–Crippen MR) is 81.0 cm³/mol. The molecule has 0 radical (unpaired) electrons. The third-order valence-electron chi connectivity index (χ3n) is 3.06. The van der Waals surface area contributed by atoms with Crippen molar-refractivity contribution in [2.75, 3.05) is 6.61 Å². The molecule has 0 unspecified atom stereocenters. The minimum Gasteiger partial charge on any atom is -0.494 e. The Kier molecular flexibility index (Phi) is 3.62. The van der Waals surface area contributed by atoms with Crippen molar-refractivity contribution in [1.82, 2.24) is 9.38 Å². The van der Waals surface area contributed by atoms with Gasteiger partial charge in [-0.15, -0.1) is 11.3 Å². The molecule has 0 amide bonds. The second kappa shape index (κ2) is 5.57. The minimum absolute atomic E-state index is 0.00517. The standard InChI is InChI=1S/C15H14N2O3S/c1-2-20-12-5-3-4-10(6-12)13-8-17-11(7-14(18)19)9-21-15(17)16-13/h3-6,8-9H,2,7H2,1H3,(H,18,19). The highest BCUT2D eigenvalue weighted by atomic mass is 32.1. The van der Waals surface area contributed by atoms with Crippen LogP contribution in [0.25, 0.3) is 16.2 Å². The fraction of sp³-hybridized carbons (Fsp3) is 0.200. The van der Waals surface area contributed by atoms with E-state index in [0.29, 0.717) is 6.61 Å². The van der Waals surface area contributed by atoms with Crippen molar-refractivity contribution in [3.05, 3.63) is 41.5 Å². The molecule has 0 saturated heterocycles. The van der Waals surface area contributed by atoms with Crippen LogP contribution >= 0.6 is 11.3 Å². The Labute approximate surface area is 125 Å². The number of hydrogen-bond acceptors (Lipinski definition) is 4. The largest absolute Gasteiger partial charge is 0.494 e. The van der Waals surface area contributed by atoms with Gasteiger partial charge in [0.2, 0.25) is 0 Å². The molecule has 0 spiro atoms. The number of fused-ring (bicyclic) bond motifs is 1. The zero-order chi connectivity index (χ0) is 14.8. The average Bonchev–Trinajstić information content (AvgIpc) is 3.01. The number of carboxylic acid groups (broad SMARTS) is 1. The van der Waals surface area contributed by atoms with Crippen LogP contribution in [0.2, 0.25) is 0 Å². The molecule has 0 aliphatic rings. The summed E-state index contributed by atoms with van der Waals surface area (Å²) < 4.78 is 7.33. The summed E-state index contributed by atoms with van der Waals surface area (Å²) in [5.41, 5.74) is 2.51. The minimum atomic E-state index is -0.844. The predicted octanol–water partition coefficient (Wildman–Crippen LogP) is 3.09. The van der Waals surface area contributed by atoms with Crippen molar-refractivity contribution in [2.45, 2.75) is 13.3 Å². The second-order valence-corrected chi connectivity index (χ2v) is 5.37. The summed E-state index contributed by atoms with van der Waals surface area (Å²) in [7, 11) is 0. The van der Waals surface area contributed by atoms with Crippen molar-refractivity contribution >= 4 is 22.3 Å². The van der Waals surface area contributed by atoms with Gasteiger partial charge in [0.25, 0.3) is 0 Å². The molecule has 3 aromatic rings. The summed E-state index contributed by atoms with van der Waals surface area (Å²) >= 11 is 1.44. The summed E-state index contributed by atoms with van der Waals surface area (Å²) in [6.45, 7) is 2.56. The van der Waals surface area contributed by atoms with Crippen LogP contribution in [-0.4, -0.2) is 27.1 Å². The van der Waals surface area contributed by atoms with Crippen LogP contribution in [0.15, 0.2) is 35.8 Å². The van der Waals surface area contributed by atoms with E-state index >= 15 is 0 Å². The van der Waals surface area contributed by atoms with Gasteiger partial charge in [-0.25, -0.2) is 4.98 Å². The van der Waals surface area contributed by atoms with E-state index in [1.165, 1.54) is 11.3 Å². The van der Waals surface area contributed by atoms with Gasteiger partial charge in [0, 0.05) is 22.8 Å². The molecular formula is C15H14N2O3S. The van der Waals surface area contributed by atoms with E-state index in [-0.39, 0.29) is 6.42 Å². The van der Waals surface area contributed by atoms with Gasteiger partial charge < -0.3 is 9.84 Å². The molecule has 21 heavy (non-hydrogen) atoms. The molecule has 0 aliphatic carbocycles. The first-order valence-electron chi connectivity index (χ1n) is 6.58. The van der Waals surface area contributed by atoms with E-state index in [1.807, 2.05) is 47.2 Å². The number of carbonyl (C=O) groups is 1. The molecule has 0 atom stereocenters. The van der Waals surface area contributed by atoms with E-state index in [2.05, 4.69) is 4.98 Å². The Morgan fingerprint density at radius 3 is 3.10 bits per heavy atom. The Morgan fingerprint density at radius 1 is 1.48 bits per heavy atom. The highest BCUT2D eigenvalue weighted by Crippen LogP contribution is 2.26. The van der Waals surface area contributed by atoms with E-state index in [9.17, 15) is 4.79 Å². The monoisotopic (exact) mass is 302 g/mol. The molecule has 0 bridgehead atoms. The van der Waals surface area contributed by atoms with Crippen LogP contribution < -0.4 is 4.74 Å². The average molecular weight is 302 g/mol. The maximum Gasteiger partial charge on any atom is 0.309 e.